The Balaban J connectivity index is 2.11. The quantitative estimate of drug-likeness (QED) is 0.624. The molecule has 1 heteroatoms. The van der Waals surface area contributed by atoms with E-state index in [1.165, 1.54) is 42.5 Å². The number of unbranched alkanes of at least 4 members (excludes halogenated alkanes) is 2. The van der Waals surface area contributed by atoms with Gasteiger partial charge in [0.2, 0.25) is 0 Å². The summed E-state index contributed by atoms with van der Waals surface area (Å²) in [7, 11) is 0. The highest BCUT2D eigenvalue weighted by atomic mass is 15.0. The molecule has 0 atom stereocenters. The van der Waals surface area contributed by atoms with Gasteiger partial charge in [0.05, 0.1) is 0 Å². The number of nitrogens with zero attached hydrogens (tertiary/aromatic N) is 1. The number of rotatable bonds is 7. The first-order valence-corrected chi connectivity index (χ1v) is 7.55. The molecule has 1 aromatic heterocycles. The Morgan fingerprint density at radius 1 is 0.947 bits per heavy atom. The fourth-order valence-corrected chi connectivity index (χ4v) is 2.51. The topological polar surface area (TPSA) is 4.93 Å². The lowest BCUT2D eigenvalue weighted by molar-refractivity contribution is 0.666. The highest BCUT2D eigenvalue weighted by Crippen LogP contribution is 2.15. The summed E-state index contributed by atoms with van der Waals surface area (Å²) in [5, 5.41) is 0. The van der Waals surface area contributed by atoms with E-state index in [1.54, 1.807) is 0 Å². The van der Waals surface area contributed by atoms with Crippen LogP contribution in [0.5, 0.6) is 0 Å². The van der Waals surface area contributed by atoms with Gasteiger partial charge in [0.25, 0.3) is 0 Å². The molecule has 0 amide bonds. The first kappa shape index (κ1) is 13.9. The minimum atomic E-state index is 1.00. The van der Waals surface area contributed by atoms with Crippen molar-refractivity contribution < 1.29 is 0 Å². The van der Waals surface area contributed by atoms with Crippen molar-refractivity contribution in [3.05, 3.63) is 59.4 Å². The van der Waals surface area contributed by atoms with Crippen molar-refractivity contribution in [1.82, 2.24) is 4.57 Å². The van der Waals surface area contributed by atoms with Crippen LogP contribution in [0.4, 0.5) is 0 Å². The van der Waals surface area contributed by atoms with Gasteiger partial charge in [-0.3, -0.25) is 0 Å². The monoisotopic (exact) mass is 255 g/mol. The third kappa shape index (κ3) is 3.99. The molecule has 1 heterocycles. The number of hydrogen-bond donors (Lipinski definition) is 0. The first-order valence-electron chi connectivity index (χ1n) is 7.55. The molecule has 0 unspecified atom stereocenters. The van der Waals surface area contributed by atoms with Crippen LogP contribution in [-0.4, -0.2) is 4.57 Å². The standard InChI is InChI=1S/C18H25N/c1-3-5-7-12-18-13-16(4-2)14-19(18)15-17-10-8-6-9-11-17/h6,8-11,13-14H,3-5,7,12,15H2,1-2H3. The van der Waals surface area contributed by atoms with Gasteiger partial charge in [0.1, 0.15) is 0 Å². The predicted octanol–water partition coefficient (Wildman–Crippen LogP) is 4.83. The molecule has 0 aliphatic rings. The van der Waals surface area contributed by atoms with E-state index in [4.69, 9.17) is 0 Å². The van der Waals surface area contributed by atoms with Crippen molar-refractivity contribution in [3.63, 3.8) is 0 Å². The Morgan fingerprint density at radius 3 is 2.42 bits per heavy atom. The summed E-state index contributed by atoms with van der Waals surface area (Å²) in [6.45, 7) is 5.50. The summed E-state index contributed by atoms with van der Waals surface area (Å²) in [5.74, 6) is 0. The summed E-state index contributed by atoms with van der Waals surface area (Å²) >= 11 is 0. The SMILES string of the molecule is CCCCCc1cc(CC)cn1Cc1ccccc1. The van der Waals surface area contributed by atoms with Crippen LogP contribution >= 0.6 is 0 Å². The minimum Gasteiger partial charge on any atom is -0.347 e. The fourth-order valence-electron chi connectivity index (χ4n) is 2.51. The van der Waals surface area contributed by atoms with E-state index < -0.39 is 0 Å². The summed E-state index contributed by atoms with van der Waals surface area (Å²) in [6.07, 6.45) is 8.59. The molecule has 1 aromatic carbocycles. The van der Waals surface area contributed by atoms with Crippen LogP contribution in [0, 0.1) is 0 Å². The van der Waals surface area contributed by atoms with Crippen molar-refractivity contribution in [2.24, 2.45) is 0 Å². The molecule has 0 saturated heterocycles. The second-order valence-electron chi connectivity index (χ2n) is 5.26. The number of benzene rings is 1. The van der Waals surface area contributed by atoms with E-state index in [-0.39, 0.29) is 0 Å². The first-order chi connectivity index (χ1) is 9.33. The van der Waals surface area contributed by atoms with Gasteiger partial charge in [-0.05, 0) is 36.5 Å². The van der Waals surface area contributed by atoms with Crippen LogP contribution < -0.4 is 0 Å². The maximum atomic E-state index is 2.43. The second kappa shape index (κ2) is 7.18. The van der Waals surface area contributed by atoms with E-state index >= 15 is 0 Å². The maximum absolute atomic E-state index is 2.43. The average Bonchev–Trinajstić information content (AvgIpc) is 2.83. The average molecular weight is 255 g/mol. The highest BCUT2D eigenvalue weighted by molar-refractivity contribution is 5.22. The molecule has 19 heavy (non-hydrogen) atoms. The van der Waals surface area contributed by atoms with E-state index in [9.17, 15) is 0 Å². The van der Waals surface area contributed by atoms with Gasteiger partial charge < -0.3 is 4.57 Å². The van der Waals surface area contributed by atoms with Crippen LogP contribution in [0.15, 0.2) is 42.6 Å². The Morgan fingerprint density at radius 2 is 1.74 bits per heavy atom. The molecule has 0 N–H and O–H groups in total. The van der Waals surface area contributed by atoms with Crippen LogP contribution in [0.3, 0.4) is 0 Å². The Kier molecular flexibility index (Phi) is 5.26. The summed E-state index contributed by atoms with van der Waals surface area (Å²) in [5.41, 5.74) is 4.34. The molecular formula is C18H25N. The van der Waals surface area contributed by atoms with Crippen LogP contribution in [0.2, 0.25) is 0 Å². The lowest BCUT2D eigenvalue weighted by atomic mass is 10.1. The lowest BCUT2D eigenvalue weighted by Crippen LogP contribution is -2.03. The number of aromatic nitrogens is 1. The summed E-state index contributed by atoms with van der Waals surface area (Å²) in [6, 6.07) is 13.1. The predicted molar refractivity (Wildman–Crippen MR) is 82.6 cm³/mol. The molecule has 0 bridgehead atoms. The molecular weight excluding hydrogens is 230 g/mol. The van der Waals surface area contributed by atoms with Gasteiger partial charge >= 0.3 is 0 Å². The van der Waals surface area contributed by atoms with E-state index in [0.717, 1.165) is 13.0 Å². The smallest absolute Gasteiger partial charge is 0.0472 e. The Hall–Kier alpha value is -1.50. The normalized spacial score (nSPS) is 10.8. The van der Waals surface area contributed by atoms with E-state index in [1.807, 2.05) is 0 Å². The zero-order chi connectivity index (χ0) is 13.5. The Labute approximate surface area is 117 Å². The van der Waals surface area contributed by atoms with Crippen molar-refractivity contribution in [2.75, 3.05) is 0 Å². The van der Waals surface area contributed by atoms with Crippen LogP contribution in [-0.2, 0) is 19.4 Å². The van der Waals surface area contributed by atoms with Crippen molar-refractivity contribution in [2.45, 2.75) is 52.5 Å². The van der Waals surface area contributed by atoms with E-state index in [0.29, 0.717) is 0 Å². The lowest BCUT2D eigenvalue weighted by Gasteiger charge is -2.09. The second-order valence-corrected chi connectivity index (χ2v) is 5.26. The largest absolute Gasteiger partial charge is 0.347 e. The van der Waals surface area contributed by atoms with Gasteiger partial charge in [-0.15, -0.1) is 0 Å². The molecule has 0 aliphatic heterocycles. The third-order valence-electron chi connectivity index (χ3n) is 3.68. The number of aryl methyl sites for hydroxylation is 2. The van der Waals surface area contributed by atoms with Gasteiger partial charge in [0.15, 0.2) is 0 Å². The third-order valence-corrected chi connectivity index (χ3v) is 3.68. The summed E-state index contributed by atoms with van der Waals surface area (Å²) in [4.78, 5) is 0. The zero-order valence-corrected chi connectivity index (χ0v) is 12.2. The fraction of sp³-hybridized carbons (Fsp3) is 0.444. The molecule has 0 spiro atoms. The zero-order valence-electron chi connectivity index (χ0n) is 12.2. The molecule has 1 nitrogen and oxygen atoms in total. The molecule has 0 radical (unpaired) electrons. The van der Waals surface area contributed by atoms with Gasteiger partial charge in [-0.25, -0.2) is 0 Å². The van der Waals surface area contributed by atoms with Crippen molar-refractivity contribution in [3.8, 4) is 0 Å². The van der Waals surface area contributed by atoms with Crippen molar-refractivity contribution in [1.29, 1.82) is 0 Å². The Bertz CT molecular complexity index is 482. The molecule has 102 valence electrons. The van der Waals surface area contributed by atoms with Gasteiger partial charge in [0, 0.05) is 18.4 Å². The molecule has 0 fully saturated rings. The van der Waals surface area contributed by atoms with Gasteiger partial charge in [-0.2, -0.15) is 0 Å². The molecule has 0 saturated carbocycles. The molecule has 2 aromatic rings. The van der Waals surface area contributed by atoms with Crippen LogP contribution in [0.25, 0.3) is 0 Å². The van der Waals surface area contributed by atoms with E-state index in [2.05, 4.69) is 61.0 Å². The molecule has 0 aliphatic carbocycles. The highest BCUT2D eigenvalue weighted by Gasteiger charge is 2.05. The molecule has 2 rings (SSSR count). The van der Waals surface area contributed by atoms with Crippen molar-refractivity contribution >= 4 is 0 Å². The number of hydrogen-bond acceptors (Lipinski definition) is 0. The van der Waals surface area contributed by atoms with Crippen LogP contribution in [0.1, 0.15) is 49.9 Å². The minimum absolute atomic E-state index is 1.00. The van der Waals surface area contributed by atoms with Gasteiger partial charge in [-0.1, -0.05) is 57.0 Å². The maximum Gasteiger partial charge on any atom is 0.0472 e. The summed E-state index contributed by atoms with van der Waals surface area (Å²) < 4.78 is 2.43.